The van der Waals surface area contributed by atoms with Crippen molar-refractivity contribution in [3.63, 3.8) is 0 Å². The molecule has 0 aromatic rings. The number of hydrogen-bond acceptors (Lipinski definition) is 3. The topological polar surface area (TPSA) is 37.4 Å². The Morgan fingerprint density at radius 3 is 2.17 bits per heavy atom. The average Bonchev–Trinajstić information content (AvgIpc) is 2.40. The lowest BCUT2D eigenvalue weighted by Gasteiger charge is -2.12. The monoisotopic (exact) mass is 189 g/mol. The van der Waals surface area contributed by atoms with E-state index in [0.29, 0.717) is 23.3 Å². The quantitative estimate of drug-likeness (QED) is 0.582. The van der Waals surface area contributed by atoms with Gasteiger partial charge in [0.1, 0.15) is 0 Å². The van der Waals surface area contributed by atoms with Crippen LogP contribution in [0.2, 0.25) is 0 Å². The number of likely N-dealkylation sites (tertiary alicyclic amines) is 1. The second-order valence-corrected chi connectivity index (χ2v) is 6.10. The van der Waals surface area contributed by atoms with Crippen LogP contribution in [-0.2, 0) is 9.84 Å². The van der Waals surface area contributed by atoms with E-state index in [2.05, 4.69) is 11.8 Å². The molecule has 0 aliphatic carbocycles. The second kappa shape index (κ2) is 2.70. The Balaban J connectivity index is 2.07. The summed E-state index contributed by atoms with van der Waals surface area (Å²) >= 11 is 0. The molecule has 0 radical (unpaired) electrons. The van der Waals surface area contributed by atoms with E-state index in [1.54, 1.807) is 0 Å². The molecule has 2 fully saturated rings. The maximum Gasteiger partial charge on any atom is 0.150 e. The second-order valence-electron chi connectivity index (χ2n) is 3.95. The molecule has 0 aromatic heterocycles. The van der Waals surface area contributed by atoms with Crippen LogP contribution in [0.1, 0.15) is 6.92 Å². The molecule has 70 valence electrons. The van der Waals surface area contributed by atoms with Gasteiger partial charge in [0, 0.05) is 13.1 Å². The zero-order chi connectivity index (χ0) is 8.77. The van der Waals surface area contributed by atoms with Gasteiger partial charge in [-0.1, -0.05) is 6.92 Å². The van der Waals surface area contributed by atoms with Crippen LogP contribution in [0, 0.1) is 11.8 Å². The number of rotatable bonds is 1. The maximum absolute atomic E-state index is 11.2. The molecule has 4 heteroatoms. The predicted molar refractivity (Wildman–Crippen MR) is 47.7 cm³/mol. The fourth-order valence-corrected chi connectivity index (χ4v) is 4.59. The molecule has 2 atom stereocenters. The van der Waals surface area contributed by atoms with Crippen molar-refractivity contribution in [3.05, 3.63) is 0 Å². The smallest absolute Gasteiger partial charge is 0.150 e. The third-order valence-electron chi connectivity index (χ3n) is 3.04. The predicted octanol–water partition coefficient (Wildman–Crippen LogP) is -0.0173. The summed E-state index contributed by atoms with van der Waals surface area (Å²) in [6.45, 7) is 5.20. The third kappa shape index (κ3) is 1.38. The van der Waals surface area contributed by atoms with Crippen LogP contribution in [0.25, 0.3) is 0 Å². The minimum absolute atomic E-state index is 0.439. The van der Waals surface area contributed by atoms with Gasteiger partial charge in [0.15, 0.2) is 9.84 Å². The summed E-state index contributed by atoms with van der Waals surface area (Å²) in [4.78, 5) is 2.35. The Bertz CT molecular complexity index is 253. The van der Waals surface area contributed by atoms with Crippen molar-refractivity contribution in [1.29, 1.82) is 0 Å². The SMILES string of the molecule is CCN1CC2CS(=O)(=O)CC2C1. The highest BCUT2D eigenvalue weighted by Crippen LogP contribution is 2.32. The largest absolute Gasteiger partial charge is 0.303 e. The number of fused-ring (bicyclic) bond motifs is 1. The highest BCUT2D eigenvalue weighted by molar-refractivity contribution is 7.91. The Kier molecular flexibility index (Phi) is 1.92. The minimum Gasteiger partial charge on any atom is -0.303 e. The van der Waals surface area contributed by atoms with Crippen LogP contribution < -0.4 is 0 Å². The van der Waals surface area contributed by atoms with Crippen molar-refractivity contribution in [2.24, 2.45) is 11.8 Å². The van der Waals surface area contributed by atoms with Gasteiger partial charge in [0.2, 0.25) is 0 Å². The summed E-state index contributed by atoms with van der Waals surface area (Å²) < 4.78 is 22.4. The van der Waals surface area contributed by atoms with Crippen molar-refractivity contribution < 1.29 is 8.42 Å². The summed E-state index contributed by atoms with van der Waals surface area (Å²) in [5, 5.41) is 0. The van der Waals surface area contributed by atoms with Crippen molar-refractivity contribution in [2.75, 3.05) is 31.1 Å². The lowest BCUT2D eigenvalue weighted by molar-refractivity contribution is 0.341. The van der Waals surface area contributed by atoms with E-state index in [4.69, 9.17) is 0 Å². The Morgan fingerprint density at radius 1 is 1.25 bits per heavy atom. The Hall–Kier alpha value is -0.0900. The van der Waals surface area contributed by atoms with Crippen LogP contribution in [0.3, 0.4) is 0 Å². The molecule has 3 nitrogen and oxygen atoms in total. The summed E-state index contributed by atoms with van der Waals surface area (Å²) in [7, 11) is -2.66. The van der Waals surface area contributed by atoms with Gasteiger partial charge in [-0.25, -0.2) is 8.42 Å². The molecule has 12 heavy (non-hydrogen) atoms. The standard InChI is InChI=1S/C8H15NO2S/c1-2-9-3-7-5-12(10,11)6-8(7)4-9/h7-8H,2-6H2,1H3. The molecular formula is C8H15NO2S. The summed E-state index contributed by atoms with van der Waals surface area (Å²) in [5.41, 5.74) is 0. The van der Waals surface area contributed by atoms with Gasteiger partial charge in [-0.3, -0.25) is 0 Å². The van der Waals surface area contributed by atoms with Crippen molar-refractivity contribution in [3.8, 4) is 0 Å². The van der Waals surface area contributed by atoms with Crippen LogP contribution in [0.5, 0.6) is 0 Å². The van der Waals surface area contributed by atoms with E-state index in [0.717, 1.165) is 19.6 Å². The summed E-state index contributed by atoms with van der Waals surface area (Å²) in [5.74, 6) is 1.76. The first kappa shape index (κ1) is 8.51. The lowest BCUT2D eigenvalue weighted by atomic mass is 10.0. The average molecular weight is 189 g/mol. The molecule has 0 aromatic carbocycles. The molecule has 0 amide bonds. The van der Waals surface area contributed by atoms with Crippen molar-refractivity contribution in [2.45, 2.75) is 6.92 Å². The summed E-state index contributed by atoms with van der Waals surface area (Å²) in [6, 6.07) is 0. The molecule has 2 aliphatic rings. The molecule has 2 rings (SSSR count). The fraction of sp³-hybridized carbons (Fsp3) is 1.00. The minimum atomic E-state index is -2.66. The van der Waals surface area contributed by atoms with Gasteiger partial charge in [0.25, 0.3) is 0 Å². The van der Waals surface area contributed by atoms with E-state index >= 15 is 0 Å². The van der Waals surface area contributed by atoms with Crippen LogP contribution >= 0.6 is 0 Å². The molecular weight excluding hydrogens is 174 g/mol. The molecule has 2 heterocycles. The molecule has 0 saturated carbocycles. The van der Waals surface area contributed by atoms with Gasteiger partial charge >= 0.3 is 0 Å². The molecule has 2 aliphatic heterocycles. The Labute approximate surface area is 73.7 Å². The van der Waals surface area contributed by atoms with E-state index in [9.17, 15) is 8.42 Å². The van der Waals surface area contributed by atoms with Gasteiger partial charge in [-0.15, -0.1) is 0 Å². The van der Waals surface area contributed by atoms with E-state index in [1.807, 2.05) is 0 Å². The zero-order valence-corrected chi connectivity index (χ0v) is 8.18. The van der Waals surface area contributed by atoms with Crippen LogP contribution in [-0.4, -0.2) is 44.5 Å². The highest BCUT2D eigenvalue weighted by Gasteiger charge is 2.42. The van der Waals surface area contributed by atoms with Gasteiger partial charge in [-0.2, -0.15) is 0 Å². The highest BCUT2D eigenvalue weighted by atomic mass is 32.2. The van der Waals surface area contributed by atoms with E-state index in [-0.39, 0.29) is 0 Å². The van der Waals surface area contributed by atoms with Gasteiger partial charge < -0.3 is 4.90 Å². The van der Waals surface area contributed by atoms with E-state index in [1.165, 1.54) is 0 Å². The number of sulfone groups is 1. The first-order valence-electron chi connectivity index (χ1n) is 4.53. The first-order valence-corrected chi connectivity index (χ1v) is 6.35. The fourth-order valence-electron chi connectivity index (χ4n) is 2.39. The zero-order valence-electron chi connectivity index (χ0n) is 7.36. The van der Waals surface area contributed by atoms with Crippen LogP contribution in [0.4, 0.5) is 0 Å². The summed E-state index contributed by atoms with van der Waals surface area (Å²) in [6.07, 6.45) is 0. The molecule has 2 unspecified atom stereocenters. The van der Waals surface area contributed by atoms with E-state index < -0.39 is 9.84 Å². The first-order chi connectivity index (χ1) is 5.61. The maximum atomic E-state index is 11.2. The van der Waals surface area contributed by atoms with Crippen molar-refractivity contribution >= 4 is 9.84 Å². The third-order valence-corrected chi connectivity index (χ3v) is 4.91. The number of hydrogen-bond donors (Lipinski definition) is 0. The van der Waals surface area contributed by atoms with Gasteiger partial charge in [0.05, 0.1) is 11.5 Å². The molecule has 0 bridgehead atoms. The molecule has 0 N–H and O–H groups in total. The van der Waals surface area contributed by atoms with Crippen molar-refractivity contribution in [1.82, 2.24) is 4.90 Å². The van der Waals surface area contributed by atoms with Crippen LogP contribution in [0.15, 0.2) is 0 Å². The molecule has 0 spiro atoms. The number of nitrogens with zero attached hydrogens (tertiary/aromatic N) is 1. The van der Waals surface area contributed by atoms with Gasteiger partial charge in [-0.05, 0) is 18.4 Å². The Morgan fingerprint density at radius 2 is 1.75 bits per heavy atom. The normalized spacial score (nSPS) is 40.1. The lowest BCUT2D eigenvalue weighted by Crippen LogP contribution is -2.23. The molecule has 2 saturated heterocycles.